The van der Waals surface area contributed by atoms with Crippen molar-refractivity contribution in [3.63, 3.8) is 0 Å². The number of amides is 1. The van der Waals surface area contributed by atoms with Crippen LogP contribution in [0.2, 0.25) is 5.02 Å². The van der Waals surface area contributed by atoms with Crippen molar-refractivity contribution in [2.24, 2.45) is 0 Å². The maximum absolute atomic E-state index is 13.3. The van der Waals surface area contributed by atoms with Crippen LogP contribution in [-0.4, -0.2) is 24.1 Å². The second kappa shape index (κ2) is 7.06. The minimum Gasteiger partial charge on any atom is -0.381 e. The zero-order valence-electron chi connectivity index (χ0n) is 14.0. The van der Waals surface area contributed by atoms with E-state index in [9.17, 15) is 4.79 Å². The van der Waals surface area contributed by atoms with E-state index in [2.05, 4.69) is 10.3 Å². The van der Waals surface area contributed by atoms with Crippen molar-refractivity contribution < 1.29 is 9.53 Å². The molecule has 25 heavy (non-hydrogen) atoms. The maximum atomic E-state index is 13.3. The smallest absolute Gasteiger partial charge is 0.236 e. The molecule has 1 N–H and O–H groups in total. The Kier molecular flexibility index (Phi) is 4.80. The van der Waals surface area contributed by atoms with Crippen LogP contribution in [0, 0.1) is 0 Å². The second-order valence-electron chi connectivity index (χ2n) is 6.75. The summed E-state index contributed by atoms with van der Waals surface area (Å²) in [5.74, 6) is 0.0178. The number of benzene rings is 1. The molecule has 0 bridgehead atoms. The number of aryl methyl sites for hydroxylation is 2. The van der Waals surface area contributed by atoms with Crippen LogP contribution in [0.3, 0.4) is 0 Å². The van der Waals surface area contributed by atoms with Gasteiger partial charge >= 0.3 is 0 Å². The van der Waals surface area contributed by atoms with Crippen LogP contribution >= 0.6 is 22.9 Å². The first-order chi connectivity index (χ1) is 12.2. The lowest BCUT2D eigenvalue weighted by molar-refractivity contribution is -0.125. The second-order valence-corrected chi connectivity index (χ2v) is 8.27. The van der Waals surface area contributed by atoms with Crippen molar-refractivity contribution in [1.82, 2.24) is 4.98 Å². The van der Waals surface area contributed by atoms with Gasteiger partial charge in [0.25, 0.3) is 0 Å². The fraction of sp³-hybridized carbons (Fsp3) is 0.474. The third-order valence-corrected chi connectivity index (χ3v) is 6.57. The average molecular weight is 377 g/mol. The van der Waals surface area contributed by atoms with Crippen LogP contribution in [0.15, 0.2) is 24.3 Å². The third-order valence-electron chi connectivity index (χ3n) is 5.24. The summed E-state index contributed by atoms with van der Waals surface area (Å²) >= 11 is 7.66. The maximum Gasteiger partial charge on any atom is 0.236 e. The standard InChI is InChI=1S/C19H21ClN2O2S/c20-14-7-5-13(6-8-14)19(9-11-24-12-10-19)17(23)22-18-21-15-3-1-2-4-16(15)25-18/h5-8H,1-4,9-12H2,(H,21,22,23). The SMILES string of the molecule is O=C(Nc1nc2c(s1)CCCC2)C1(c2ccc(Cl)cc2)CCOCC1. The van der Waals surface area contributed by atoms with Gasteiger partial charge in [-0.1, -0.05) is 23.7 Å². The van der Waals surface area contributed by atoms with E-state index in [0.29, 0.717) is 31.1 Å². The number of halogens is 1. The molecule has 0 spiro atoms. The molecular weight excluding hydrogens is 356 g/mol. The van der Waals surface area contributed by atoms with Crippen molar-refractivity contribution in [3.8, 4) is 0 Å². The topological polar surface area (TPSA) is 51.2 Å². The van der Waals surface area contributed by atoms with Gasteiger partial charge in [-0.2, -0.15) is 0 Å². The van der Waals surface area contributed by atoms with Crippen LogP contribution < -0.4 is 5.32 Å². The number of anilines is 1. The van der Waals surface area contributed by atoms with Gasteiger partial charge in [0.2, 0.25) is 5.91 Å². The molecule has 2 aromatic rings. The van der Waals surface area contributed by atoms with Gasteiger partial charge in [0.15, 0.2) is 5.13 Å². The summed E-state index contributed by atoms with van der Waals surface area (Å²) in [4.78, 5) is 19.2. The number of carbonyl (C=O) groups excluding carboxylic acids is 1. The summed E-state index contributed by atoms with van der Waals surface area (Å²) in [7, 11) is 0. The normalized spacial score (nSPS) is 19.2. The third kappa shape index (κ3) is 3.33. The number of hydrogen-bond donors (Lipinski definition) is 1. The van der Waals surface area contributed by atoms with E-state index in [1.54, 1.807) is 11.3 Å². The fourth-order valence-corrected chi connectivity index (χ4v) is 4.93. The molecular formula is C19H21ClN2O2S. The van der Waals surface area contributed by atoms with Crippen molar-refractivity contribution in [2.45, 2.75) is 43.9 Å². The summed E-state index contributed by atoms with van der Waals surface area (Å²) in [5.41, 5.74) is 1.59. The van der Waals surface area contributed by atoms with Crippen molar-refractivity contribution in [1.29, 1.82) is 0 Å². The van der Waals surface area contributed by atoms with Crippen LogP contribution in [0.1, 0.15) is 41.8 Å². The monoisotopic (exact) mass is 376 g/mol. The molecule has 1 aliphatic heterocycles. The lowest BCUT2D eigenvalue weighted by Crippen LogP contribution is -2.44. The minimum absolute atomic E-state index is 0.0178. The highest BCUT2D eigenvalue weighted by atomic mass is 35.5. The fourth-order valence-electron chi connectivity index (χ4n) is 3.76. The highest BCUT2D eigenvalue weighted by Gasteiger charge is 2.42. The zero-order chi connectivity index (χ0) is 17.3. The molecule has 1 aliphatic carbocycles. The van der Waals surface area contributed by atoms with Gasteiger partial charge in [-0.05, 0) is 56.2 Å². The van der Waals surface area contributed by atoms with Crippen LogP contribution in [0.5, 0.6) is 0 Å². The van der Waals surface area contributed by atoms with Crippen molar-refractivity contribution in [2.75, 3.05) is 18.5 Å². The molecule has 1 amide bonds. The Labute approximate surface area is 156 Å². The van der Waals surface area contributed by atoms with Gasteiger partial charge in [0.1, 0.15) is 0 Å². The average Bonchev–Trinajstić information content (AvgIpc) is 3.05. The van der Waals surface area contributed by atoms with Gasteiger partial charge < -0.3 is 10.1 Å². The van der Waals surface area contributed by atoms with E-state index in [4.69, 9.17) is 16.3 Å². The van der Waals surface area contributed by atoms with Crippen LogP contribution in [0.4, 0.5) is 5.13 Å². The number of ether oxygens (including phenoxy) is 1. The largest absolute Gasteiger partial charge is 0.381 e. The molecule has 0 saturated carbocycles. The molecule has 1 saturated heterocycles. The van der Waals surface area contributed by atoms with Gasteiger partial charge in [0.05, 0.1) is 11.1 Å². The number of nitrogens with zero attached hydrogens (tertiary/aromatic N) is 1. The highest BCUT2D eigenvalue weighted by molar-refractivity contribution is 7.15. The number of carbonyl (C=O) groups is 1. The quantitative estimate of drug-likeness (QED) is 0.865. The Morgan fingerprint density at radius 1 is 1.16 bits per heavy atom. The lowest BCUT2D eigenvalue weighted by Gasteiger charge is -2.36. The number of fused-ring (bicyclic) bond motifs is 1. The van der Waals surface area contributed by atoms with Crippen LogP contribution in [-0.2, 0) is 27.8 Å². The Hall–Kier alpha value is -1.43. The number of rotatable bonds is 3. The Morgan fingerprint density at radius 3 is 2.60 bits per heavy atom. The van der Waals surface area contributed by atoms with Gasteiger partial charge in [0, 0.05) is 23.1 Å². The number of hydrogen-bond acceptors (Lipinski definition) is 4. The zero-order valence-corrected chi connectivity index (χ0v) is 15.6. The summed E-state index contributed by atoms with van der Waals surface area (Å²) in [6.45, 7) is 1.18. The molecule has 132 valence electrons. The molecule has 6 heteroatoms. The predicted octanol–water partition coefficient (Wildman–Crippen LogP) is 4.36. The molecule has 4 rings (SSSR count). The Bertz CT molecular complexity index is 743. The minimum atomic E-state index is -0.574. The van der Waals surface area contributed by atoms with Crippen LogP contribution in [0.25, 0.3) is 0 Å². The highest BCUT2D eigenvalue weighted by Crippen LogP contribution is 2.38. The number of nitrogens with one attached hydrogen (secondary N) is 1. The first-order valence-electron chi connectivity index (χ1n) is 8.81. The van der Waals surface area contributed by atoms with E-state index in [1.165, 1.54) is 23.4 Å². The predicted molar refractivity (Wildman–Crippen MR) is 101 cm³/mol. The first kappa shape index (κ1) is 17.0. The molecule has 0 atom stereocenters. The summed E-state index contributed by atoms with van der Waals surface area (Å²) in [6.07, 6.45) is 5.86. The van der Waals surface area contributed by atoms with Gasteiger partial charge in [-0.25, -0.2) is 4.98 Å². The Balaban J connectivity index is 1.61. The molecule has 2 heterocycles. The molecule has 2 aliphatic rings. The van der Waals surface area contributed by atoms with E-state index >= 15 is 0 Å². The number of aromatic nitrogens is 1. The summed E-state index contributed by atoms with van der Waals surface area (Å²) in [5, 5.41) is 4.52. The van der Waals surface area contributed by atoms with E-state index in [0.717, 1.165) is 23.5 Å². The summed E-state index contributed by atoms with van der Waals surface area (Å²) < 4.78 is 5.52. The van der Waals surface area contributed by atoms with Gasteiger partial charge in [-0.3, -0.25) is 4.79 Å². The van der Waals surface area contributed by atoms with Crippen molar-refractivity contribution in [3.05, 3.63) is 45.4 Å². The van der Waals surface area contributed by atoms with E-state index in [-0.39, 0.29) is 5.91 Å². The molecule has 4 nitrogen and oxygen atoms in total. The molecule has 0 radical (unpaired) electrons. The molecule has 1 aromatic heterocycles. The van der Waals surface area contributed by atoms with Crippen molar-refractivity contribution >= 4 is 34.0 Å². The summed E-state index contributed by atoms with van der Waals surface area (Å²) in [6, 6.07) is 7.62. The van der Waals surface area contributed by atoms with E-state index in [1.807, 2.05) is 24.3 Å². The van der Waals surface area contributed by atoms with E-state index < -0.39 is 5.41 Å². The Morgan fingerprint density at radius 2 is 1.88 bits per heavy atom. The molecule has 0 unspecified atom stereocenters. The molecule has 1 fully saturated rings. The number of thiazole rings is 1. The lowest BCUT2D eigenvalue weighted by atomic mass is 9.73. The van der Waals surface area contributed by atoms with Gasteiger partial charge in [-0.15, -0.1) is 11.3 Å². The molecule has 1 aromatic carbocycles. The first-order valence-corrected chi connectivity index (χ1v) is 10.0.